The number of halogens is 1. The van der Waals surface area contributed by atoms with E-state index in [1.165, 1.54) is 0 Å². The molecule has 0 aliphatic heterocycles. The third kappa shape index (κ3) is 3.42. The molecule has 0 fully saturated rings. The van der Waals surface area contributed by atoms with Crippen LogP contribution in [0.1, 0.15) is 24.8 Å². The summed E-state index contributed by atoms with van der Waals surface area (Å²) in [5, 5.41) is 0. The van der Waals surface area contributed by atoms with Crippen molar-refractivity contribution in [3.63, 3.8) is 0 Å². The first kappa shape index (κ1) is 11.8. The zero-order valence-corrected chi connectivity index (χ0v) is 9.94. The van der Waals surface area contributed by atoms with E-state index in [4.69, 9.17) is 5.53 Å². The highest BCUT2D eigenvalue weighted by molar-refractivity contribution is 9.10. The summed E-state index contributed by atoms with van der Waals surface area (Å²) in [7, 11) is 0. The van der Waals surface area contributed by atoms with Gasteiger partial charge in [0.15, 0.2) is 0 Å². The van der Waals surface area contributed by atoms with Crippen molar-refractivity contribution in [2.24, 2.45) is 0 Å². The quantitative estimate of drug-likeness (QED) is 0.470. The molecule has 1 rings (SSSR count). The van der Waals surface area contributed by atoms with Crippen LogP contribution >= 0.6 is 15.9 Å². The molecule has 0 saturated heterocycles. The zero-order valence-electron chi connectivity index (χ0n) is 8.35. The Bertz CT molecular complexity index is 411. The Hall–Kier alpha value is -1.25. The van der Waals surface area contributed by atoms with Crippen molar-refractivity contribution in [3.05, 3.63) is 39.8 Å². The van der Waals surface area contributed by atoms with E-state index >= 15 is 0 Å². The van der Waals surface area contributed by atoms with Crippen molar-refractivity contribution < 1.29 is 9.58 Å². The Balaban J connectivity index is 2.77. The van der Waals surface area contributed by atoms with Crippen molar-refractivity contribution in [1.29, 1.82) is 0 Å². The lowest BCUT2D eigenvalue weighted by Gasteiger charge is -2.10. The lowest BCUT2D eigenvalue weighted by atomic mass is 9.96. The van der Waals surface area contributed by atoms with E-state index in [2.05, 4.69) is 20.7 Å². The minimum absolute atomic E-state index is 0.103. The van der Waals surface area contributed by atoms with Gasteiger partial charge in [-0.25, -0.2) is 0 Å². The Morgan fingerprint density at radius 2 is 2.27 bits per heavy atom. The van der Waals surface area contributed by atoms with Gasteiger partial charge >= 0.3 is 6.21 Å². The average Bonchev–Trinajstić information content (AvgIpc) is 2.18. The smallest absolute Gasteiger partial charge is 0.323 e. The van der Waals surface area contributed by atoms with E-state index in [1.54, 1.807) is 0 Å². The molecule has 15 heavy (non-hydrogen) atoms. The molecule has 1 aromatic rings. The van der Waals surface area contributed by atoms with Crippen molar-refractivity contribution >= 4 is 27.9 Å². The molecule has 0 amide bonds. The second-order valence-electron chi connectivity index (χ2n) is 3.34. The van der Waals surface area contributed by atoms with Crippen LogP contribution in [0.25, 0.3) is 5.53 Å². The van der Waals surface area contributed by atoms with Crippen LogP contribution in [0.2, 0.25) is 0 Å². The van der Waals surface area contributed by atoms with Gasteiger partial charge in [-0.15, -0.1) is 0 Å². The van der Waals surface area contributed by atoms with Gasteiger partial charge in [-0.3, -0.25) is 4.79 Å². The summed E-state index contributed by atoms with van der Waals surface area (Å²) in [6.45, 7) is 1.96. The van der Waals surface area contributed by atoms with Gasteiger partial charge in [-0.05, 0) is 17.5 Å². The minimum Gasteiger partial charge on any atom is -0.361 e. The van der Waals surface area contributed by atoms with Crippen molar-refractivity contribution in [1.82, 2.24) is 0 Å². The predicted octanol–water partition coefficient (Wildman–Crippen LogP) is 2.81. The standard InChI is InChI=1S/C11H11BrN2O/c1-8(6-9(15)7-14-13)10-4-2-3-5-11(10)12/h2-5,7-8H,6H2,1H3. The summed E-state index contributed by atoms with van der Waals surface area (Å²) in [5.74, 6) is -0.0770. The molecular formula is C11H11BrN2O. The summed E-state index contributed by atoms with van der Waals surface area (Å²) in [6, 6.07) is 7.77. The molecule has 0 saturated carbocycles. The number of ketones is 1. The van der Waals surface area contributed by atoms with Crippen LogP contribution in [-0.2, 0) is 4.79 Å². The third-order valence-corrected chi connectivity index (χ3v) is 2.87. The summed E-state index contributed by atoms with van der Waals surface area (Å²) in [4.78, 5) is 13.9. The highest BCUT2D eigenvalue weighted by atomic mass is 79.9. The van der Waals surface area contributed by atoms with Crippen molar-refractivity contribution in [2.45, 2.75) is 19.3 Å². The van der Waals surface area contributed by atoms with Crippen molar-refractivity contribution in [2.75, 3.05) is 0 Å². The maximum Gasteiger partial charge on any atom is 0.323 e. The van der Waals surface area contributed by atoms with Crippen LogP contribution < -0.4 is 0 Å². The van der Waals surface area contributed by atoms with Crippen molar-refractivity contribution in [3.8, 4) is 0 Å². The van der Waals surface area contributed by atoms with Crippen LogP contribution in [0.5, 0.6) is 0 Å². The van der Waals surface area contributed by atoms with Crippen LogP contribution in [-0.4, -0.2) is 16.8 Å². The van der Waals surface area contributed by atoms with E-state index in [9.17, 15) is 4.79 Å². The normalized spacial score (nSPS) is 11.6. The second kappa shape index (κ2) is 5.59. The Kier molecular flexibility index (Phi) is 4.40. The summed E-state index contributed by atoms with van der Waals surface area (Å²) < 4.78 is 0.992. The molecule has 0 heterocycles. The van der Waals surface area contributed by atoms with Gasteiger partial charge in [0.25, 0.3) is 0 Å². The number of rotatable bonds is 4. The molecule has 1 unspecified atom stereocenters. The monoisotopic (exact) mass is 266 g/mol. The number of nitrogens with zero attached hydrogens (tertiary/aromatic N) is 2. The number of hydrogen-bond donors (Lipinski definition) is 0. The largest absolute Gasteiger partial charge is 0.361 e. The first-order chi connectivity index (χ1) is 7.15. The molecule has 0 radical (unpaired) electrons. The zero-order chi connectivity index (χ0) is 11.3. The first-order valence-corrected chi connectivity index (χ1v) is 5.39. The molecule has 0 aliphatic carbocycles. The number of hydrogen-bond acceptors (Lipinski definition) is 1. The highest BCUT2D eigenvalue weighted by Gasteiger charge is 2.14. The highest BCUT2D eigenvalue weighted by Crippen LogP contribution is 2.26. The Labute approximate surface area is 96.9 Å². The predicted molar refractivity (Wildman–Crippen MR) is 61.9 cm³/mol. The maximum atomic E-state index is 11.2. The van der Waals surface area contributed by atoms with Crippen LogP contribution in [0.15, 0.2) is 28.7 Å². The van der Waals surface area contributed by atoms with E-state index in [-0.39, 0.29) is 11.7 Å². The fraction of sp³-hybridized carbons (Fsp3) is 0.273. The fourth-order valence-corrected chi connectivity index (χ4v) is 2.08. The molecule has 4 heteroatoms. The molecule has 1 atom stereocenters. The molecule has 0 N–H and O–H groups in total. The molecular weight excluding hydrogens is 256 g/mol. The van der Waals surface area contributed by atoms with Crippen LogP contribution in [0.3, 0.4) is 0 Å². The molecule has 0 aromatic heterocycles. The van der Waals surface area contributed by atoms with Gasteiger partial charge in [-0.2, -0.15) is 4.79 Å². The molecule has 0 aliphatic rings. The van der Waals surface area contributed by atoms with Gasteiger partial charge in [0.2, 0.25) is 5.78 Å². The molecule has 3 nitrogen and oxygen atoms in total. The van der Waals surface area contributed by atoms with E-state index < -0.39 is 0 Å². The van der Waals surface area contributed by atoms with Crippen LogP contribution in [0.4, 0.5) is 0 Å². The van der Waals surface area contributed by atoms with Gasteiger partial charge in [-0.1, -0.05) is 41.1 Å². The van der Waals surface area contributed by atoms with Gasteiger partial charge in [0.05, 0.1) is 0 Å². The molecule has 0 bridgehead atoms. The SMILES string of the molecule is CC(CC(=O)C=[N+]=[N-])c1ccccc1Br. The topological polar surface area (TPSA) is 53.5 Å². The maximum absolute atomic E-state index is 11.2. The van der Waals surface area contributed by atoms with E-state index in [1.807, 2.05) is 31.2 Å². The molecule has 78 valence electrons. The van der Waals surface area contributed by atoms with Gasteiger partial charge < -0.3 is 5.53 Å². The number of Topliss-reactive ketones (excluding diaryl/α,β-unsaturated/α-hetero) is 1. The number of carbonyl (C=O) groups excluding carboxylic acids is 1. The van der Waals surface area contributed by atoms with Gasteiger partial charge in [0, 0.05) is 10.9 Å². The summed E-state index contributed by atoms with van der Waals surface area (Å²) in [5.41, 5.74) is 9.29. The number of benzene rings is 1. The fourth-order valence-electron chi connectivity index (χ4n) is 1.40. The number of carbonyl (C=O) groups is 1. The lowest BCUT2D eigenvalue weighted by molar-refractivity contribution is -0.116. The van der Waals surface area contributed by atoms with E-state index in [0.29, 0.717) is 6.42 Å². The van der Waals surface area contributed by atoms with Crippen LogP contribution in [0, 0.1) is 0 Å². The minimum atomic E-state index is -0.180. The summed E-state index contributed by atoms with van der Waals surface area (Å²) in [6.07, 6.45) is 1.28. The Morgan fingerprint density at radius 1 is 1.60 bits per heavy atom. The second-order valence-corrected chi connectivity index (χ2v) is 4.19. The average molecular weight is 267 g/mol. The molecule has 0 spiro atoms. The Morgan fingerprint density at radius 3 is 2.87 bits per heavy atom. The first-order valence-electron chi connectivity index (χ1n) is 4.60. The summed E-state index contributed by atoms with van der Waals surface area (Å²) >= 11 is 3.43. The van der Waals surface area contributed by atoms with E-state index in [0.717, 1.165) is 16.3 Å². The lowest BCUT2D eigenvalue weighted by Crippen LogP contribution is -2.06. The van der Waals surface area contributed by atoms with Gasteiger partial charge in [0.1, 0.15) is 0 Å². The third-order valence-electron chi connectivity index (χ3n) is 2.15. The molecule has 1 aromatic carbocycles.